The number of hydrogen-bond donors (Lipinski definition) is 1. The molecule has 0 radical (unpaired) electrons. The van der Waals surface area contributed by atoms with Crippen LogP contribution in [0.25, 0.3) is 0 Å². The summed E-state index contributed by atoms with van der Waals surface area (Å²) in [7, 11) is 4.62. The SMILES string of the molecule is CN1CCCC(NC2CC3CCCC(C2)N3C)CC1. The van der Waals surface area contributed by atoms with Gasteiger partial charge in [0, 0.05) is 24.2 Å². The number of fused-ring (bicyclic) bond motifs is 2. The van der Waals surface area contributed by atoms with Crippen molar-refractivity contribution in [3.05, 3.63) is 0 Å². The second-order valence-electron chi connectivity index (χ2n) is 7.17. The summed E-state index contributed by atoms with van der Waals surface area (Å²) >= 11 is 0. The van der Waals surface area contributed by atoms with Crippen molar-refractivity contribution in [2.75, 3.05) is 27.2 Å². The van der Waals surface area contributed by atoms with Crippen LogP contribution in [-0.4, -0.2) is 61.2 Å². The predicted octanol–water partition coefficient (Wildman–Crippen LogP) is 2.08. The van der Waals surface area contributed by atoms with Crippen molar-refractivity contribution in [2.24, 2.45) is 0 Å². The summed E-state index contributed by atoms with van der Waals surface area (Å²) in [6.45, 7) is 2.56. The number of hydrogen-bond acceptors (Lipinski definition) is 3. The molecule has 0 aromatic rings. The Morgan fingerprint density at radius 1 is 0.789 bits per heavy atom. The van der Waals surface area contributed by atoms with E-state index in [1.54, 1.807) is 0 Å². The van der Waals surface area contributed by atoms with Crippen LogP contribution in [0.1, 0.15) is 51.4 Å². The summed E-state index contributed by atoms with van der Waals surface area (Å²) in [6, 6.07) is 3.29. The Balaban J connectivity index is 1.53. The van der Waals surface area contributed by atoms with Crippen molar-refractivity contribution in [1.29, 1.82) is 0 Å². The van der Waals surface area contributed by atoms with Gasteiger partial charge in [0.2, 0.25) is 0 Å². The molecule has 3 unspecified atom stereocenters. The minimum atomic E-state index is 0.777. The highest BCUT2D eigenvalue weighted by molar-refractivity contribution is 4.94. The molecule has 19 heavy (non-hydrogen) atoms. The highest BCUT2D eigenvalue weighted by atomic mass is 15.2. The molecule has 0 amide bonds. The van der Waals surface area contributed by atoms with Gasteiger partial charge in [-0.25, -0.2) is 0 Å². The maximum absolute atomic E-state index is 4.01. The highest BCUT2D eigenvalue weighted by Crippen LogP contribution is 2.33. The topological polar surface area (TPSA) is 18.5 Å². The Hall–Kier alpha value is -0.120. The molecule has 3 atom stereocenters. The molecule has 0 aromatic heterocycles. The molecule has 3 aliphatic rings. The number of piperidine rings is 2. The fourth-order valence-corrected chi connectivity index (χ4v) is 4.49. The Morgan fingerprint density at radius 3 is 2.26 bits per heavy atom. The van der Waals surface area contributed by atoms with Crippen molar-refractivity contribution in [3.8, 4) is 0 Å². The van der Waals surface area contributed by atoms with Crippen molar-refractivity contribution >= 4 is 0 Å². The molecular weight excluding hydrogens is 234 g/mol. The molecule has 3 nitrogen and oxygen atoms in total. The van der Waals surface area contributed by atoms with E-state index in [4.69, 9.17) is 0 Å². The largest absolute Gasteiger partial charge is 0.311 e. The lowest BCUT2D eigenvalue weighted by molar-refractivity contribution is 0.0453. The van der Waals surface area contributed by atoms with E-state index in [2.05, 4.69) is 29.2 Å². The molecule has 0 aromatic carbocycles. The summed E-state index contributed by atoms with van der Waals surface area (Å²) in [4.78, 5) is 5.16. The average molecular weight is 265 g/mol. The van der Waals surface area contributed by atoms with E-state index in [1.165, 1.54) is 64.5 Å². The summed E-state index contributed by atoms with van der Waals surface area (Å²) in [6.07, 6.45) is 11.2. The number of nitrogens with zero attached hydrogens (tertiary/aromatic N) is 2. The first-order valence-electron chi connectivity index (χ1n) is 8.39. The average Bonchev–Trinajstić information content (AvgIpc) is 2.56. The van der Waals surface area contributed by atoms with Gasteiger partial charge in [-0.3, -0.25) is 0 Å². The molecule has 3 aliphatic heterocycles. The van der Waals surface area contributed by atoms with E-state index in [-0.39, 0.29) is 0 Å². The van der Waals surface area contributed by atoms with Crippen molar-refractivity contribution < 1.29 is 0 Å². The van der Waals surface area contributed by atoms with E-state index in [0.29, 0.717) is 0 Å². The Kier molecular flexibility index (Phi) is 4.45. The maximum Gasteiger partial charge on any atom is 0.0110 e. The number of nitrogens with one attached hydrogen (secondary N) is 1. The molecule has 3 rings (SSSR count). The Morgan fingerprint density at radius 2 is 1.53 bits per heavy atom. The third-order valence-electron chi connectivity index (χ3n) is 5.76. The van der Waals surface area contributed by atoms with Gasteiger partial charge in [-0.05, 0) is 72.1 Å². The van der Waals surface area contributed by atoms with Gasteiger partial charge in [-0.2, -0.15) is 0 Å². The normalized spacial score (nSPS) is 42.0. The molecule has 0 spiro atoms. The summed E-state index contributed by atoms with van der Waals surface area (Å²) in [5, 5.41) is 4.01. The van der Waals surface area contributed by atoms with Crippen molar-refractivity contribution in [3.63, 3.8) is 0 Å². The van der Waals surface area contributed by atoms with Crippen LogP contribution in [0.4, 0.5) is 0 Å². The van der Waals surface area contributed by atoms with Crippen LogP contribution >= 0.6 is 0 Å². The first kappa shape index (κ1) is 13.8. The van der Waals surface area contributed by atoms with Gasteiger partial charge in [0.15, 0.2) is 0 Å². The third-order valence-corrected chi connectivity index (χ3v) is 5.76. The van der Waals surface area contributed by atoms with E-state index < -0.39 is 0 Å². The van der Waals surface area contributed by atoms with E-state index in [9.17, 15) is 0 Å². The van der Waals surface area contributed by atoms with Crippen LogP contribution in [0.15, 0.2) is 0 Å². The fraction of sp³-hybridized carbons (Fsp3) is 1.00. The zero-order valence-corrected chi connectivity index (χ0v) is 12.8. The Bertz CT molecular complexity index is 280. The minimum absolute atomic E-state index is 0.777. The summed E-state index contributed by atoms with van der Waals surface area (Å²) in [5.41, 5.74) is 0. The van der Waals surface area contributed by atoms with Crippen molar-refractivity contribution in [2.45, 2.75) is 75.5 Å². The quantitative estimate of drug-likeness (QED) is 0.825. The monoisotopic (exact) mass is 265 g/mol. The van der Waals surface area contributed by atoms with Gasteiger partial charge < -0.3 is 15.1 Å². The molecule has 1 N–H and O–H groups in total. The third kappa shape index (κ3) is 3.32. The van der Waals surface area contributed by atoms with Gasteiger partial charge in [0.1, 0.15) is 0 Å². The van der Waals surface area contributed by atoms with Gasteiger partial charge in [-0.1, -0.05) is 6.42 Å². The van der Waals surface area contributed by atoms with Crippen LogP contribution in [0, 0.1) is 0 Å². The van der Waals surface area contributed by atoms with Crippen LogP contribution in [-0.2, 0) is 0 Å². The zero-order chi connectivity index (χ0) is 13.2. The first-order valence-corrected chi connectivity index (χ1v) is 8.39. The van der Waals surface area contributed by atoms with E-state index in [1.807, 2.05) is 0 Å². The maximum atomic E-state index is 4.01. The number of likely N-dealkylation sites (tertiary alicyclic amines) is 1. The van der Waals surface area contributed by atoms with Crippen LogP contribution in [0.2, 0.25) is 0 Å². The molecule has 110 valence electrons. The molecule has 3 fully saturated rings. The van der Waals surface area contributed by atoms with E-state index >= 15 is 0 Å². The summed E-state index contributed by atoms with van der Waals surface area (Å²) in [5.74, 6) is 0. The van der Waals surface area contributed by atoms with Gasteiger partial charge in [0.05, 0.1) is 0 Å². The molecule has 3 heteroatoms. The van der Waals surface area contributed by atoms with Gasteiger partial charge >= 0.3 is 0 Å². The summed E-state index contributed by atoms with van der Waals surface area (Å²) < 4.78 is 0. The predicted molar refractivity (Wildman–Crippen MR) is 80.5 cm³/mol. The van der Waals surface area contributed by atoms with Crippen molar-refractivity contribution in [1.82, 2.24) is 15.1 Å². The molecule has 0 aliphatic carbocycles. The molecule has 3 heterocycles. The first-order chi connectivity index (χ1) is 9.22. The lowest BCUT2D eigenvalue weighted by atomic mass is 9.82. The van der Waals surface area contributed by atoms with Crippen LogP contribution in [0.3, 0.4) is 0 Å². The van der Waals surface area contributed by atoms with Crippen LogP contribution < -0.4 is 5.32 Å². The lowest BCUT2D eigenvalue weighted by Gasteiger charge is -2.48. The smallest absolute Gasteiger partial charge is 0.0110 e. The van der Waals surface area contributed by atoms with Crippen LogP contribution in [0.5, 0.6) is 0 Å². The zero-order valence-electron chi connectivity index (χ0n) is 12.8. The molecule has 2 bridgehead atoms. The minimum Gasteiger partial charge on any atom is -0.311 e. The standard InChI is InChI=1S/C16H31N3/c1-18-9-4-5-13(8-10-18)17-14-11-15-6-3-7-16(12-14)19(15)2/h13-17H,3-12H2,1-2H3. The van der Waals surface area contributed by atoms with Gasteiger partial charge in [-0.15, -0.1) is 0 Å². The second-order valence-corrected chi connectivity index (χ2v) is 7.17. The molecule has 3 saturated heterocycles. The van der Waals surface area contributed by atoms with Gasteiger partial charge in [0.25, 0.3) is 0 Å². The van der Waals surface area contributed by atoms with E-state index in [0.717, 1.165) is 24.2 Å². The molecule has 0 saturated carbocycles. The lowest BCUT2D eigenvalue weighted by Crippen LogP contribution is -2.55. The Labute approximate surface area is 118 Å². The highest BCUT2D eigenvalue weighted by Gasteiger charge is 2.36. The number of rotatable bonds is 2. The fourth-order valence-electron chi connectivity index (χ4n) is 4.49. The second kappa shape index (κ2) is 6.11. The molecular formula is C16H31N3.